The van der Waals surface area contributed by atoms with Gasteiger partial charge in [0.1, 0.15) is 13.2 Å². The Bertz CT molecular complexity index is 1280. The summed E-state index contributed by atoms with van der Waals surface area (Å²) in [6, 6.07) is 6.99. The first-order valence-corrected chi connectivity index (χ1v) is 11.9. The highest BCUT2D eigenvalue weighted by molar-refractivity contribution is 5.74. The van der Waals surface area contributed by atoms with E-state index in [0.717, 1.165) is 49.1 Å². The van der Waals surface area contributed by atoms with Gasteiger partial charge in [0.2, 0.25) is 0 Å². The van der Waals surface area contributed by atoms with Crippen LogP contribution in [0.2, 0.25) is 0 Å². The van der Waals surface area contributed by atoms with Crippen LogP contribution in [0.4, 0.5) is 4.79 Å². The maximum Gasteiger partial charge on any atom is 0.407 e. The van der Waals surface area contributed by atoms with Gasteiger partial charge in [-0.25, -0.2) is 4.79 Å². The number of hydrogen-bond acceptors (Lipinski definition) is 7. The molecule has 10 heteroatoms. The van der Waals surface area contributed by atoms with Crippen LogP contribution in [0.15, 0.2) is 41.5 Å². The molecule has 0 bridgehead atoms. The van der Waals surface area contributed by atoms with Crippen LogP contribution in [0, 0.1) is 6.92 Å². The van der Waals surface area contributed by atoms with Gasteiger partial charge in [-0.1, -0.05) is 0 Å². The molecule has 0 aromatic carbocycles. The molecule has 10 nitrogen and oxygen atoms in total. The van der Waals surface area contributed by atoms with Gasteiger partial charge in [-0.2, -0.15) is 0 Å². The van der Waals surface area contributed by atoms with E-state index in [4.69, 9.17) is 9.47 Å². The summed E-state index contributed by atoms with van der Waals surface area (Å²) in [5.41, 5.74) is 3.26. The number of aromatic nitrogens is 3. The molecule has 2 aliphatic heterocycles. The lowest BCUT2D eigenvalue weighted by Crippen LogP contribution is -2.47. The van der Waals surface area contributed by atoms with E-state index in [-0.39, 0.29) is 18.1 Å². The van der Waals surface area contributed by atoms with Crippen LogP contribution in [0.3, 0.4) is 0 Å². The molecule has 1 amide bonds. The Morgan fingerprint density at radius 1 is 1.09 bits per heavy atom. The fraction of sp³-hybridized carbons (Fsp3) is 0.440. The third kappa shape index (κ3) is 5.07. The van der Waals surface area contributed by atoms with Crippen molar-refractivity contribution in [2.24, 2.45) is 0 Å². The molecule has 1 N–H and O–H groups in total. The number of aryl methyl sites for hydroxylation is 1. The highest BCUT2D eigenvalue weighted by Crippen LogP contribution is 2.30. The molecule has 3 aromatic rings. The summed E-state index contributed by atoms with van der Waals surface area (Å²) < 4.78 is 12.9. The maximum absolute atomic E-state index is 12.5. The molecule has 0 atom stereocenters. The quantitative estimate of drug-likeness (QED) is 0.574. The lowest BCUT2D eigenvalue weighted by Gasteiger charge is -2.37. The number of nitrogens with zero attached hydrogens (tertiary/aromatic N) is 5. The fourth-order valence-corrected chi connectivity index (χ4v) is 4.80. The number of fused-ring (bicyclic) bond motifs is 2. The largest absolute Gasteiger partial charge is 0.486 e. The molecule has 1 fully saturated rings. The van der Waals surface area contributed by atoms with Crippen molar-refractivity contribution in [1.82, 2.24) is 24.3 Å². The van der Waals surface area contributed by atoms with Crippen LogP contribution in [0.5, 0.6) is 11.5 Å². The van der Waals surface area contributed by atoms with Gasteiger partial charge in [0, 0.05) is 50.6 Å². The number of rotatable bonds is 6. The summed E-state index contributed by atoms with van der Waals surface area (Å²) in [6.45, 7) is 5.94. The molecule has 0 spiro atoms. The third-order valence-corrected chi connectivity index (χ3v) is 6.68. The van der Waals surface area contributed by atoms with Crippen molar-refractivity contribution in [3.05, 3.63) is 58.3 Å². The normalized spacial score (nSPS) is 16.4. The highest BCUT2D eigenvalue weighted by atomic mass is 16.6. The third-order valence-electron chi connectivity index (χ3n) is 6.68. The minimum atomic E-state index is -0.953. The molecule has 5 rings (SSSR count). The van der Waals surface area contributed by atoms with E-state index < -0.39 is 6.09 Å². The van der Waals surface area contributed by atoms with Crippen molar-refractivity contribution in [2.75, 3.05) is 32.8 Å². The zero-order valence-electron chi connectivity index (χ0n) is 19.7. The molecule has 0 unspecified atom stereocenters. The Balaban J connectivity index is 1.21. The first-order chi connectivity index (χ1) is 17.0. The molecule has 0 aliphatic carbocycles. The van der Waals surface area contributed by atoms with Crippen molar-refractivity contribution in [1.29, 1.82) is 0 Å². The molecule has 184 valence electrons. The van der Waals surface area contributed by atoms with E-state index >= 15 is 0 Å². The molecule has 35 heavy (non-hydrogen) atoms. The van der Waals surface area contributed by atoms with Crippen molar-refractivity contribution >= 4 is 17.1 Å². The number of hydrogen-bond donors (Lipinski definition) is 1. The predicted octanol–water partition coefficient (Wildman–Crippen LogP) is 2.52. The summed E-state index contributed by atoms with van der Waals surface area (Å²) >= 11 is 0. The van der Waals surface area contributed by atoms with E-state index in [1.165, 1.54) is 4.90 Å². The number of amides is 1. The van der Waals surface area contributed by atoms with Crippen molar-refractivity contribution in [3.63, 3.8) is 0 Å². The minimum absolute atomic E-state index is 0.0382. The van der Waals surface area contributed by atoms with E-state index in [0.29, 0.717) is 37.0 Å². The summed E-state index contributed by atoms with van der Waals surface area (Å²) in [5.74, 6) is 1.20. The van der Waals surface area contributed by atoms with Crippen LogP contribution in [0.25, 0.3) is 11.0 Å². The molecule has 1 saturated heterocycles. The van der Waals surface area contributed by atoms with Crippen LogP contribution in [0.1, 0.15) is 24.1 Å². The molecule has 5 heterocycles. The topological polar surface area (TPSA) is 110 Å². The lowest BCUT2D eigenvalue weighted by molar-refractivity contribution is 0.0848. The second-order valence-electron chi connectivity index (χ2n) is 9.04. The SMILES string of the molecule is Cc1cnc2ccc(=O)n(CCN3CCC(N(Cc4cc5c(cn4)OCCO5)C(=O)O)CC3)c2c1. The molecular formula is C25H29N5O5. The first-order valence-electron chi connectivity index (χ1n) is 11.9. The monoisotopic (exact) mass is 479 g/mol. The van der Waals surface area contributed by atoms with E-state index in [2.05, 4.69) is 14.9 Å². The van der Waals surface area contributed by atoms with Gasteiger partial charge >= 0.3 is 6.09 Å². The van der Waals surface area contributed by atoms with Crippen molar-refractivity contribution in [3.8, 4) is 11.5 Å². The fourth-order valence-electron chi connectivity index (χ4n) is 4.80. The van der Waals surface area contributed by atoms with Gasteiger partial charge < -0.3 is 24.0 Å². The summed E-state index contributed by atoms with van der Waals surface area (Å²) in [7, 11) is 0. The molecule has 0 saturated carbocycles. The summed E-state index contributed by atoms with van der Waals surface area (Å²) in [6.07, 6.45) is 3.89. The average molecular weight is 480 g/mol. The van der Waals surface area contributed by atoms with Gasteiger partial charge in [0.25, 0.3) is 5.56 Å². The van der Waals surface area contributed by atoms with Gasteiger partial charge in [0.05, 0.1) is 29.5 Å². The number of carbonyl (C=O) groups is 1. The molecular weight excluding hydrogens is 450 g/mol. The Kier molecular flexibility index (Phi) is 6.54. The smallest absolute Gasteiger partial charge is 0.407 e. The molecule has 3 aromatic heterocycles. The van der Waals surface area contributed by atoms with Crippen molar-refractivity contribution < 1.29 is 19.4 Å². The Morgan fingerprint density at radius 2 is 1.86 bits per heavy atom. The molecule has 0 radical (unpaired) electrons. The first kappa shape index (κ1) is 23.1. The standard InChI is InChI=1S/C25H29N5O5/c1-17-12-21-20(27-14-17)2-3-24(31)29(21)9-8-28-6-4-19(5-7-28)30(25(32)33)16-18-13-22-23(15-26-18)35-11-10-34-22/h2-3,12-15,19H,4-11,16H2,1H3,(H,32,33). The van der Waals surface area contributed by atoms with Gasteiger partial charge in [0.15, 0.2) is 11.5 Å². The lowest BCUT2D eigenvalue weighted by atomic mass is 10.0. The second kappa shape index (κ2) is 9.91. The van der Waals surface area contributed by atoms with Crippen LogP contribution in [-0.2, 0) is 13.1 Å². The van der Waals surface area contributed by atoms with Gasteiger partial charge in [-0.3, -0.25) is 19.7 Å². The summed E-state index contributed by atoms with van der Waals surface area (Å²) in [5, 5.41) is 9.88. The number of carboxylic acid groups (broad SMARTS) is 1. The zero-order valence-corrected chi connectivity index (χ0v) is 19.7. The zero-order chi connectivity index (χ0) is 24.4. The van der Waals surface area contributed by atoms with E-state index in [1.54, 1.807) is 35.2 Å². The second-order valence-corrected chi connectivity index (χ2v) is 9.04. The molecule has 2 aliphatic rings. The number of likely N-dealkylation sites (tertiary alicyclic amines) is 1. The predicted molar refractivity (Wildman–Crippen MR) is 129 cm³/mol. The Morgan fingerprint density at radius 3 is 2.63 bits per heavy atom. The average Bonchev–Trinajstić information content (AvgIpc) is 2.87. The van der Waals surface area contributed by atoms with Crippen molar-refractivity contribution in [2.45, 2.75) is 38.9 Å². The number of ether oxygens (including phenoxy) is 2. The van der Waals surface area contributed by atoms with E-state index in [1.807, 2.05) is 13.0 Å². The number of pyridine rings is 3. The maximum atomic E-state index is 12.5. The van der Waals surface area contributed by atoms with Gasteiger partial charge in [-0.05, 0) is 37.5 Å². The Hall–Kier alpha value is -3.66. The summed E-state index contributed by atoms with van der Waals surface area (Å²) in [4.78, 5) is 37.1. The Labute approximate surface area is 202 Å². The van der Waals surface area contributed by atoms with Crippen LogP contribution in [-0.4, -0.2) is 74.4 Å². The van der Waals surface area contributed by atoms with Crippen LogP contribution >= 0.6 is 0 Å². The highest BCUT2D eigenvalue weighted by Gasteiger charge is 2.28. The van der Waals surface area contributed by atoms with Crippen LogP contribution < -0.4 is 15.0 Å². The van der Waals surface area contributed by atoms with E-state index in [9.17, 15) is 14.7 Å². The minimum Gasteiger partial charge on any atom is -0.486 e. The number of piperidine rings is 1. The van der Waals surface area contributed by atoms with Gasteiger partial charge in [-0.15, -0.1) is 0 Å².